The molecule has 11 heteroatoms. The smallest absolute Gasteiger partial charge is 0.439 e. The first-order valence-electron chi connectivity index (χ1n) is 10.7. The zero-order valence-electron chi connectivity index (χ0n) is 18.9. The molecule has 0 saturated carbocycles. The van der Waals surface area contributed by atoms with Gasteiger partial charge in [0.05, 0.1) is 17.1 Å². The molecule has 0 aliphatic heterocycles. The van der Waals surface area contributed by atoms with Crippen molar-refractivity contribution in [3.63, 3.8) is 0 Å². The van der Waals surface area contributed by atoms with E-state index in [2.05, 4.69) is 34.9 Å². The van der Waals surface area contributed by atoms with Gasteiger partial charge in [0.25, 0.3) is 0 Å². The second kappa shape index (κ2) is 8.80. The summed E-state index contributed by atoms with van der Waals surface area (Å²) in [7, 11) is 0. The van der Waals surface area contributed by atoms with Gasteiger partial charge < -0.3 is 9.73 Å². The highest BCUT2D eigenvalue weighted by molar-refractivity contribution is 6.29. The molecule has 0 fully saturated rings. The first-order valence-corrected chi connectivity index (χ1v) is 11.0. The highest BCUT2D eigenvalue weighted by Gasteiger charge is 2.21. The fraction of sp³-hybridized carbons (Fsp3) is 0.167. The van der Waals surface area contributed by atoms with Crippen molar-refractivity contribution in [1.82, 2.24) is 25.1 Å². The van der Waals surface area contributed by atoms with Gasteiger partial charge in [0.1, 0.15) is 16.4 Å². The number of anilines is 1. The number of H-pyrrole nitrogens is 1. The van der Waals surface area contributed by atoms with Gasteiger partial charge in [-0.2, -0.15) is 0 Å². The van der Waals surface area contributed by atoms with Gasteiger partial charge in [0, 0.05) is 23.5 Å². The summed E-state index contributed by atoms with van der Waals surface area (Å²) < 4.78 is 10.9. The summed E-state index contributed by atoms with van der Waals surface area (Å²) in [5.41, 5.74) is 3.19. The largest absolute Gasteiger partial charge is 0.452 e. The van der Waals surface area contributed by atoms with Gasteiger partial charge in [0.15, 0.2) is 17.0 Å². The Hall–Kier alpha value is -4.31. The van der Waals surface area contributed by atoms with Crippen molar-refractivity contribution < 1.29 is 8.94 Å². The maximum atomic E-state index is 13.3. The fourth-order valence-corrected chi connectivity index (χ4v) is 4.04. The number of aromatic nitrogens is 5. The third-order valence-corrected chi connectivity index (χ3v) is 5.74. The number of nitrogens with zero attached hydrogens (tertiary/aromatic N) is 4. The molecule has 0 amide bonds. The van der Waals surface area contributed by atoms with E-state index in [4.69, 9.17) is 16.0 Å². The molecular formula is C24H19ClN6O4. The lowest BCUT2D eigenvalue weighted by molar-refractivity contribution is 0.388. The van der Waals surface area contributed by atoms with Gasteiger partial charge in [-0.3, -0.25) is 14.3 Å². The summed E-state index contributed by atoms with van der Waals surface area (Å²) in [6, 6.07) is 8.41. The van der Waals surface area contributed by atoms with Gasteiger partial charge in [-0.15, -0.1) is 0 Å². The highest BCUT2D eigenvalue weighted by atomic mass is 35.5. The minimum Gasteiger partial charge on any atom is -0.452 e. The second-order valence-electron chi connectivity index (χ2n) is 8.03. The van der Waals surface area contributed by atoms with Crippen LogP contribution in [0.15, 0.2) is 61.3 Å². The van der Waals surface area contributed by atoms with Crippen molar-refractivity contribution in [2.24, 2.45) is 0 Å². The number of halogens is 1. The van der Waals surface area contributed by atoms with E-state index in [-0.39, 0.29) is 22.4 Å². The summed E-state index contributed by atoms with van der Waals surface area (Å²) >= 11 is 6.08. The molecule has 5 aromatic rings. The molecule has 0 saturated heterocycles. The Balaban J connectivity index is 1.65. The topological polar surface area (TPSA) is 140 Å². The van der Waals surface area contributed by atoms with E-state index in [0.717, 1.165) is 11.1 Å². The first-order chi connectivity index (χ1) is 16.8. The third kappa shape index (κ3) is 4.19. The molecule has 4 aromatic heterocycles. The molecule has 0 aliphatic carbocycles. The monoisotopic (exact) mass is 490 g/mol. The molecule has 35 heavy (non-hydrogen) atoms. The van der Waals surface area contributed by atoms with Gasteiger partial charge >= 0.3 is 5.76 Å². The molecule has 0 bridgehead atoms. The third-order valence-electron chi connectivity index (χ3n) is 5.53. The maximum absolute atomic E-state index is 13.3. The van der Waals surface area contributed by atoms with E-state index in [1.807, 2.05) is 19.9 Å². The van der Waals surface area contributed by atoms with E-state index >= 15 is 0 Å². The lowest BCUT2D eigenvalue weighted by Crippen LogP contribution is -2.13. The van der Waals surface area contributed by atoms with Crippen molar-refractivity contribution in [3.05, 3.63) is 85.3 Å². The van der Waals surface area contributed by atoms with Crippen molar-refractivity contribution in [2.75, 3.05) is 5.32 Å². The van der Waals surface area contributed by atoms with Crippen LogP contribution in [0.3, 0.4) is 0 Å². The van der Waals surface area contributed by atoms with Crippen LogP contribution in [-0.2, 0) is 0 Å². The number of hydrogen-bond donors (Lipinski definition) is 2. The SMILES string of the molecule is Cc1cc(C(C)Nc2ccc(Cl)nc2-c2noc(=O)[nH]2)c2oc(-c3ncccn3)c(C)c(=O)c2c1. The second-order valence-corrected chi connectivity index (χ2v) is 8.42. The zero-order valence-corrected chi connectivity index (χ0v) is 19.7. The summed E-state index contributed by atoms with van der Waals surface area (Å²) in [5, 5.41) is 7.76. The number of rotatable bonds is 5. The van der Waals surface area contributed by atoms with E-state index in [1.165, 1.54) is 0 Å². The quantitative estimate of drug-likeness (QED) is 0.342. The predicted octanol–water partition coefficient (Wildman–Crippen LogP) is 4.43. The number of aryl methyl sites for hydroxylation is 1. The number of aromatic amines is 1. The molecule has 0 aliphatic rings. The lowest BCUT2D eigenvalue weighted by Gasteiger charge is -2.19. The molecule has 5 rings (SSSR count). The molecule has 0 spiro atoms. The van der Waals surface area contributed by atoms with E-state index in [0.29, 0.717) is 39.5 Å². The van der Waals surface area contributed by atoms with Crippen LogP contribution in [0.4, 0.5) is 5.69 Å². The van der Waals surface area contributed by atoms with Crippen molar-refractivity contribution >= 4 is 28.3 Å². The minimum absolute atomic E-state index is 0.131. The minimum atomic E-state index is -0.710. The predicted molar refractivity (Wildman–Crippen MR) is 130 cm³/mol. The number of nitrogens with one attached hydrogen (secondary N) is 2. The van der Waals surface area contributed by atoms with Gasteiger partial charge in [-0.05, 0) is 50.6 Å². The Morgan fingerprint density at radius 2 is 1.89 bits per heavy atom. The van der Waals surface area contributed by atoms with E-state index in [1.54, 1.807) is 43.6 Å². The van der Waals surface area contributed by atoms with Crippen molar-refractivity contribution in [2.45, 2.75) is 26.8 Å². The van der Waals surface area contributed by atoms with Crippen LogP contribution in [-0.4, -0.2) is 25.1 Å². The van der Waals surface area contributed by atoms with Crippen LogP contribution in [0, 0.1) is 13.8 Å². The molecule has 4 heterocycles. The molecule has 2 N–H and O–H groups in total. The van der Waals surface area contributed by atoms with Gasteiger partial charge in [0.2, 0.25) is 5.82 Å². The van der Waals surface area contributed by atoms with Crippen LogP contribution >= 0.6 is 11.6 Å². The van der Waals surface area contributed by atoms with Crippen LogP contribution in [0.1, 0.15) is 29.7 Å². The first kappa shape index (κ1) is 22.5. The van der Waals surface area contributed by atoms with Gasteiger partial charge in [-0.1, -0.05) is 22.8 Å². The summed E-state index contributed by atoms with van der Waals surface area (Å²) in [4.78, 5) is 40.0. The normalized spacial score (nSPS) is 12.1. The number of hydrogen-bond acceptors (Lipinski definition) is 9. The number of pyridine rings is 1. The molecule has 10 nitrogen and oxygen atoms in total. The molecule has 1 unspecified atom stereocenters. The molecular weight excluding hydrogens is 472 g/mol. The standard InChI is InChI=1S/C24H19ClN6O4/c1-11-9-14(13(3)28-16-5-6-17(25)29-18(16)22-30-24(33)35-31-22)21-15(10-11)19(32)12(2)20(34-21)23-26-7-4-8-27-23/h4-10,13,28H,1-3H3,(H,30,31,33). The van der Waals surface area contributed by atoms with Gasteiger partial charge in [-0.25, -0.2) is 19.7 Å². The van der Waals surface area contributed by atoms with Crippen molar-refractivity contribution in [3.8, 4) is 23.1 Å². The Labute approximate surface area is 203 Å². The summed E-state index contributed by atoms with van der Waals surface area (Å²) in [5.74, 6) is 0.0648. The van der Waals surface area contributed by atoms with E-state index in [9.17, 15) is 9.59 Å². The zero-order chi connectivity index (χ0) is 24.7. The lowest BCUT2D eigenvalue weighted by atomic mass is 9.99. The molecule has 1 aromatic carbocycles. The average molecular weight is 491 g/mol. The molecule has 1 atom stereocenters. The maximum Gasteiger partial charge on any atom is 0.439 e. The van der Waals surface area contributed by atoms with Crippen molar-refractivity contribution in [1.29, 1.82) is 0 Å². The Morgan fingerprint density at radius 3 is 2.60 bits per heavy atom. The summed E-state index contributed by atoms with van der Waals surface area (Å²) in [6.45, 7) is 5.52. The Bertz CT molecular complexity index is 1680. The van der Waals surface area contributed by atoms with Crippen LogP contribution < -0.4 is 16.5 Å². The number of fused-ring (bicyclic) bond motifs is 1. The van der Waals surface area contributed by atoms with Crippen LogP contribution in [0.5, 0.6) is 0 Å². The molecule has 0 radical (unpaired) electrons. The Kier molecular flexibility index (Phi) is 5.65. The Morgan fingerprint density at radius 1 is 1.11 bits per heavy atom. The summed E-state index contributed by atoms with van der Waals surface area (Å²) in [6.07, 6.45) is 3.19. The molecule has 176 valence electrons. The van der Waals surface area contributed by atoms with Crippen LogP contribution in [0.2, 0.25) is 5.15 Å². The van der Waals surface area contributed by atoms with Crippen LogP contribution in [0.25, 0.3) is 34.1 Å². The van der Waals surface area contributed by atoms with E-state index < -0.39 is 5.76 Å². The fourth-order valence-electron chi connectivity index (χ4n) is 3.89. The highest BCUT2D eigenvalue weighted by Crippen LogP contribution is 2.33. The number of benzene rings is 1. The average Bonchev–Trinajstić information content (AvgIpc) is 3.29.